The van der Waals surface area contributed by atoms with Crippen molar-refractivity contribution in [2.45, 2.75) is 32.4 Å². The van der Waals surface area contributed by atoms with E-state index >= 15 is 0 Å². The zero-order valence-electron chi connectivity index (χ0n) is 10.2. The molecule has 1 aliphatic heterocycles. The Bertz CT molecular complexity index is 296. The van der Waals surface area contributed by atoms with Crippen LogP contribution in [0.5, 0.6) is 0 Å². The van der Waals surface area contributed by atoms with Gasteiger partial charge in [-0.2, -0.15) is 5.10 Å². The summed E-state index contributed by atoms with van der Waals surface area (Å²) in [4.78, 5) is 2.43. The molecule has 2 atom stereocenters. The number of nitrogens with one attached hydrogen (secondary N) is 2. The Labute approximate surface area is 97.4 Å². The van der Waals surface area contributed by atoms with Crippen molar-refractivity contribution in [1.82, 2.24) is 20.4 Å². The van der Waals surface area contributed by atoms with Gasteiger partial charge in [0.25, 0.3) is 0 Å². The molecule has 1 aromatic heterocycles. The van der Waals surface area contributed by atoms with Gasteiger partial charge in [0.15, 0.2) is 0 Å². The van der Waals surface area contributed by atoms with Crippen molar-refractivity contribution >= 4 is 0 Å². The number of rotatable bonds is 4. The highest BCUT2D eigenvalue weighted by atomic mass is 15.1. The SMILES string of the molecule is CC(NCc1cn[nH]c1)C1CCCN(C)C1. The van der Waals surface area contributed by atoms with E-state index in [9.17, 15) is 0 Å². The Kier molecular flexibility index (Phi) is 3.96. The van der Waals surface area contributed by atoms with Gasteiger partial charge in [0, 0.05) is 30.9 Å². The van der Waals surface area contributed by atoms with E-state index in [1.165, 1.54) is 31.5 Å². The molecule has 1 aromatic rings. The van der Waals surface area contributed by atoms with Crippen LogP contribution in [0.15, 0.2) is 12.4 Å². The third-order valence-electron chi connectivity index (χ3n) is 3.55. The van der Waals surface area contributed by atoms with Crippen LogP contribution < -0.4 is 5.32 Å². The predicted molar refractivity (Wildman–Crippen MR) is 65.1 cm³/mol. The summed E-state index contributed by atoms with van der Waals surface area (Å²) in [5.41, 5.74) is 1.23. The molecule has 1 fully saturated rings. The Morgan fingerprint density at radius 2 is 2.56 bits per heavy atom. The van der Waals surface area contributed by atoms with Crippen molar-refractivity contribution in [3.8, 4) is 0 Å². The molecule has 0 aliphatic carbocycles. The number of aromatic nitrogens is 2. The maximum Gasteiger partial charge on any atom is 0.0532 e. The van der Waals surface area contributed by atoms with Crippen LogP contribution in [0.25, 0.3) is 0 Å². The minimum absolute atomic E-state index is 0.581. The van der Waals surface area contributed by atoms with Gasteiger partial charge in [-0.1, -0.05) is 0 Å². The number of hydrogen-bond donors (Lipinski definition) is 2. The number of piperidine rings is 1. The van der Waals surface area contributed by atoms with Gasteiger partial charge in [0.2, 0.25) is 0 Å². The highest BCUT2D eigenvalue weighted by molar-refractivity contribution is 5.01. The normalized spacial score (nSPS) is 24.5. The molecule has 16 heavy (non-hydrogen) atoms. The predicted octanol–water partition coefficient (Wildman–Crippen LogP) is 1.23. The summed E-state index contributed by atoms with van der Waals surface area (Å²) in [7, 11) is 2.22. The monoisotopic (exact) mass is 222 g/mol. The molecule has 2 rings (SSSR count). The van der Waals surface area contributed by atoms with Crippen molar-refractivity contribution in [3.05, 3.63) is 18.0 Å². The lowest BCUT2D eigenvalue weighted by Gasteiger charge is -2.33. The van der Waals surface area contributed by atoms with E-state index in [1.54, 1.807) is 0 Å². The largest absolute Gasteiger partial charge is 0.310 e. The summed E-state index contributed by atoms with van der Waals surface area (Å²) in [5, 5.41) is 10.4. The smallest absolute Gasteiger partial charge is 0.0532 e. The Hall–Kier alpha value is -0.870. The first-order valence-corrected chi connectivity index (χ1v) is 6.15. The quantitative estimate of drug-likeness (QED) is 0.805. The number of likely N-dealkylation sites (tertiary alicyclic amines) is 1. The van der Waals surface area contributed by atoms with Crippen LogP contribution in [0.4, 0.5) is 0 Å². The molecule has 2 heterocycles. The molecule has 0 bridgehead atoms. The Balaban J connectivity index is 1.76. The van der Waals surface area contributed by atoms with Crippen LogP contribution >= 0.6 is 0 Å². The van der Waals surface area contributed by atoms with Gasteiger partial charge in [0.1, 0.15) is 0 Å². The van der Waals surface area contributed by atoms with Crippen molar-refractivity contribution in [3.63, 3.8) is 0 Å². The van der Waals surface area contributed by atoms with Gasteiger partial charge in [-0.05, 0) is 39.3 Å². The molecule has 4 nitrogen and oxygen atoms in total. The molecular formula is C12H22N4. The molecule has 0 saturated carbocycles. The van der Waals surface area contributed by atoms with E-state index in [-0.39, 0.29) is 0 Å². The van der Waals surface area contributed by atoms with E-state index in [1.807, 2.05) is 12.4 Å². The van der Waals surface area contributed by atoms with Crippen molar-refractivity contribution in [2.75, 3.05) is 20.1 Å². The van der Waals surface area contributed by atoms with Crippen LogP contribution in [0, 0.1) is 5.92 Å². The molecule has 2 unspecified atom stereocenters. The van der Waals surface area contributed by atoms with E-state index in [2.05, 4.69) is 34.4 Å². The second kappa shape index (κ2) is 5.46. The third kappa shape index (κ3) is 3.06. The molecule has 0 radical (unpaired) electrons. The first kappa shape index (κ1) is 11.6. The Morgan fingerprint density at radius 1 is 1.69 bits per heavy atom. The first-order valence-electron chi connectivity index (χ1n) is 6.15. The molecule has 1 aliphatic rings. The zero-order valence-corrected chi connectivity index (χ0v) is 10.2. The molecule has 2 N–H and O–H groups in total. The lowest BCUT2D eigenvalue weighted by molar-refractivity contribution is 0.178. The zero-order chi connectivity index (χ0) is 11.4. The summed E-state index contributed by atoms with van der Waals surface area (Å²) in [6.07, 6.45) is 6.52. The lowest BCUT2D eigenvalue weighted by atomic mass is 9.92. The van der Waals surface area contributed by atoms with Gasteiger partial charge >= 0.3 is 0 Å². The summed E-state index contributed by atoms with van der Waals surface area (Å²) in [5.74, 6) is 0.783. The van der Waals surface area contributed by atoms with E-state index < -0.39 is 0 Å². The van der Waals surface area contributed by atoms with Gasteiger partial charge in [-0.25, -0.2) is 0 Å². The maximum atomic E-state index is 3.95. The second-order valence-corrected chi connectivity index (χ2v) is 4.94. The van der Waals surface area contributed by atoms with Crippen molar-refractivity contribution in [1.29, 1.82) is 0 Å². The number of aromatic amines is 1. The Morgan fingerprint density at radius 3 is 3.25 bits per heavy atom. The van der Waals surface area contributed by atoms with Crippen LogP contribution in [0.3, 0.4) is 0 Å². The number of H-pyrrole nitrogens is 1. The standard InChI is InChI=1S/C12H22N4/c1-10(12-4-3-5-16(2)9-12)13-6-11-7-14-15-8-11/h7-8,10,12-13H,3-6,9H2,1-2H3,(H,14,15). The van der Waals surface area contributed by atoms with Crippen molar-refractivity contribution in [2.24, 2.45) is 5.92 Å². The van der Waals surface area contributed by atoms with Gasteiger partial charge in [-0.15, -0.1) is 0 Å². The van der Waals surface area contributed by atoms with Crippen LogP contribution in [-0.2, 0) is 6.54 Å². The molecule has 1 saturated heterocycles. The van der Waals surface area contributed by atoms with E-state index in [0.717, 1.165) is 12.5 Å². The summed E-state index contributed by atoms with van der Waals surface area (Å²) in [6.45, 7) is 5.69. The summed E-state index contributed by atoms with van der Waals surface area (Å²) >= 11 is 0. The average molecular weight is 222 g/mol. The number of hydrogen-bond acceptors (Lipinski definition) is 3. The fourth-order valence-corrected chi connectivity index (χ4v) is 2.43. The minimum Gasteiger partial charge on any atom is -0.310 e. The number of nitrogens with zero attached hydrogens (tertiary/aromatic N) is 2. The summed E-state index contributed by atoms with van der Waals surface area (Å²) in [6, 6.07) is 0.581. The van der Waals surface area contributed by atoms with E-state index in [4.69, 9.17) is 0 Å². The fourth-order valence-electron chi connectivity index (χ4n) is 2.43. The fraction of sp³-hybridized carbons (Fsp3) is 0.750. The lowest BCUT2D eigenvalue weighted by Crippen LogP contribution is -2.42. The average Bonchev–Trinajstić information content (AvgIpc) is 2.78. The highest BCUT2D eigenvalue weighted by Crippen LogP contribution is 2.18. The molecular weight excluding hydrogens is 200 g/mol. The summed E-state index contributed by atoms with van der Waals surface area (Å²) < 4.78 is 0. The van der Waals surface area contributed by atoms with Crippen LogP contribution in [0.2, 0.25) is 0 Å². The topological polar surface area (TPSA) is 44.0 Å². The van der Waals surface area contributed by atoms with Crippen LogP contribution in [0.1, 0.15) is 25.3 Å². The first-order chi connectivity index (χ1) is 7.75. The van der Waals surface area contributed by atoms with Crippen LogP contribution in [-0.4, -0.2) is 41.3 Å². The van der Waals surface area contributed by atoms with Gasteiger partial charge < -0.3 is 10.2 Å². The molecule has 0 amide bonds. The van der Waals surface area contributed by atoms with Gasteiger partial charge in [-0.3, -0.25) is 5.10 Å². The minimum atomic E-state index is 0.581. The molecule has 90 valence electrons. The highest BCUT2D eigenvalue weighted by Gasteiger charge is 2.22. The molecule has 0 aromatic carbocycles. The van der Waals surface area contributed by atoms with Gasteiger partial charge in [0.05, 0.1) is 6.20 Å². The third-order valence-corrected chi connectivity index (χ3v) is 3.55. The van der Waals surface area contributed by atoms with E-state index in [0.29, 0.717) is 6.04 Å². The molecule has 4 heteroatoms. The molecule has 0 spiro atoms. The second-order valence-electron chi connectivity index (χ2n) is 4.94. The van der Waals surface area contributed by atoms with Crippen molar-refractivity contribution < 1.29 is 0 Å². The maximum absolute atomic E-state index is 3.95.